The van der Waals surface area contributed by atoms with E-state index < -0.39 is 0 Å². The molecule has 5 heteroatoms. The van der Waals surface area contributed by atoms with Crippen molar-refractivity contribution in [2.24, 2.45) is 0 Å². The van der Waals surface area contributed by atoms with Crippen LogP contribution in [0.1, 0.15) is 30.0 Å². The number of rotatable bonds is 6. The summed E-state index contributed by atoms with van der Waals surface area (Å²) in [5, 5.41) is 0. The molecule has 2 aromatic carbocycles. The van der Waals surface area contributed by atoms with Gasteiger partial charge in [0.2, 0.25) is 5.91 Å². The summed E-state index contributed by atoms with van der Waals surface area (Å²) >= 11 is 0. The number of nitrogens with zero attached hydrogens (tertiary/aromatic N) is 1. The van der Waals surface area contributed by atoms with Crippen molar-refractivity contribution in [3.8, 4) is 17.2 Å². The Hall–Kier alpha value is -2.69. The molecule has 1 unspecified atom stereocenters. The predicted molar refractivity (Wildman–Crippen MR) is 99.9 cm³/mol. The van der Waals surface area contributed by atoms with E-state index in [4.69, 9.17) is 14.2 Å². The average molecular weight is 355 g/mol. The number of likely N-dealkylation sites (tertiary alicyclic amines) is 1. The van der Waals surface area contributed by atoms with Crippen molar-refractivity contribution in [2.45, 2.75) is 25.3 Å². The molecular weight excluding hydrogens is 330 g/mol. The first-order chi connectivity index (χ1) is 12.7. The highest BCUT2D eigenvalue weighted by Gasteiger charge is 2.30. The average Bonchev–Trinajstić information content (AvgIpc) is 3.18. The van der Waals surface area contributed by atoms with Gasteiger partial charge >= 0.3 is 0 Å². The highest BCUT2D eigenvalue weighted by molar-refractivity contribution is 5.80. The molecular formula is C21H25NO4. The second-order valence-corrected chi connectivity index (χ2v) is 6.39. The van der Waals surface area contributed by atoms with Crippen LogP contribution in [0.2, 0.25) is 0 Å². The monoisotopic (exact) mass is 355 g/mol. The van der Waals surface area contributed by atoms with Gasteiger partial charge in [0, 0.05) is 6.54 Å². The third-order valence-corrected chi connectivity index (χ3v) is 4.86. The van der Waals surface area contributed by atoms with Crippen molar-refractivity contribution in [1.29, 1.82) is 0 Å². The largest absolute Gasteiger partial charge is 0.497 e. The Morgan fingerprint density at radius 3 is 2.58 bits per heavy atom. The van der Waals surface area contributed by atoms with E-state index in [1.165, 1.54) is 0 Å². The summed E-state index contributed by atoms with van der Waals surface area (Å²) in [4.78, 5) is 14.9. The fourth-order valence-electron chi connectivity index (χ4n) is 3.53. The summed E-state index contributed by atoms with van der Waals surface area (Å²) < 4.78 is 15.9. The zero-order valence-electron chi connectivity index (χ0n) is 15.5. The molecule has 0 saturated carbocycles. The van der Waals surface area contributed by atoms with Crippen LogP contribution < -0.4 is 14.2 Å². The van der Waals surface area contributed by atoms with Gasteiger partial charge in [-0.25, -0.2) is 0 Å². The first-order valence-corrected chi connectivity index (χ1v) is 8.80. The Kier molecular flexibility index (Phi) is 5.66. The second-order valence-electron chi connectivity index (χ2n) is 6.39. The molecule has 26 heavy (non-hydrogen) atoms. The van der Waals surface area contributed by atoms with Gasteiger partial charge in [-0.05, 0) is 48.2 Å². The Balaban J connectivity index is 1.76. The zero-order valence-corrected chi connectivity index (χ0v) is 15.5. The number of carbonyl (C=O) groups is 1. The number of ether oxygens (including phenoxy) is 3. The van der Waals surface area contributed by atoms with Gasteiger partial charge in [0.15, 0.2) is 11.5 Å². The second kappa shape index (κ2) is 8.13. The molecule has 1 amide bonds. The van der Waals surface area contributed by atoms with E-state index in [-0.39, 0.29) is 11.9 Å². The van der Waals surface area contributed by atoms with Crippen LogP contribution in [0.4, 0.5) is 0 Å². The van der Waals surface area contributed by atoms with Gasteiger partial charge in [-0.2, -0.15) is 0 Å². The summed E-state index contributed by atoms with van der Waals surface area (Å²) in [5.74, 6) is 2.26. The Labute approximate surface area is 154 Å². The molecule has 1 aliphatic heterocycles. The molecule has 0 aromatic heterocycles. The lowest BCUT2D eigenvalue weighted by Gasteiger charge is -2.25. The van der Waals surface area contributed by atoms with Crippen LogP contribution in [-0.4, -0.2) is 38.7 Å². The summed E-state index contributed by atoms with van der Waals surface area (Å²) in [6.07, 6.45) is 2.34. The first kappa shape index (κ1) is 18.1. The van der Waals surface area contributed by atoms with Crippen LogP contribution in [-0.2, 0) is 11.2 Å². The Morgan fingerprint density at radius 1 is 1.04 bits per heavy atom. The molecule has 2 aromatic rings. The standard InChI is InChI=1S/C21H25NO4/c1-24-17-7-4-6-16(14-17)18-8-5-11-22(18)21(23)13-15-9-10-19(25-2)20(12-15)26-3/h4,6-7,9-10,12,14,18H,5,8,11,13H2,1-3H3. The van der Waals surface area contributed by atoms with Crippen molar-refractivity contribution in [3.63, 3.8) is 0 Å². The lowest BCUT2D eigenvalue weighted by molar-refractivity contribution is -0.131. The molecule has 3 rings (SSSR count). The molecule has 1 aliphatic rings. The number of amides is 1. The smallest absolute Gasteiger partial charge is 0.227 e. The maximum atomic E-state index is 12.9. The van der Waals surface area contributed by atoms with Crippen LogP contribution in [0.5, 0.6) is 17.2 Å². The van der Waals surface area contributed by atoms with E-state index in [9.17, 15) is 4.79 Å². The fourth-order valence-corrected chi connectivity index (χ4v) is 3.53. The summed E-state index contributed by atoms with van der Waals surface area (Å²) in [6.45, 7) is 0.786. The van der Waals surface area contributed by atoms with Crippen molar-refractivity contribution in [1.82, 2.24) is 4.90 Å². The van der Waals surface area contributed by atoms with Gasteiger partial charge in [0.1, 0.15) is 5.75 Å². The Bertz CT molecular complexity index is 774. The molecule has 138 valence electrons. The number of carbonyl (C=O) groups excluding carboxylic acids is 1. The van der Waals surface area contributed by atoms with E-state index in [1.54, 1.807) is 21.3 Å². The topological polar surface area (TPSA) is 48.0 Å². The van der Waals surface area contributed by atoms with E-state index in [0.717, 1.165) is 36.3 Å². The van der Waals surface area contributed by atoms with Crippen LogP contribution >= 0.6 is 0 Å². The van der Waals surface area contributed by atoms with Crippen molar-refractivity contribution >= 4 is 5.91 Å². The minimum atomic E-state index is 0.109. The highest BCUT2D eigenvalue weighted by Crippen LogP contribution is 2.34. The zero-order chi connectivity index (χ0) is 18.5. The van der Waals surface area contributed by atoms with Crippen LogP contribution in [0.3, 0.4) is 0 Å². The molecule has 0 radical (unpaired) electrons. The van der Waals surface area contributed by atoms with E-state index in [1.807, 2.05) is 41.3 Å². The van der Waals surface area contributed by atoms with Crippen molar-refractivity contribution in [3.05, 3.63) is 53.6 Å². The lowest BCUT2D eigenvalue weighted by atomic mass is 10.0. The maximum absolute atomic E-state index is 12.9. The van der Waals surface area contributed by atoms with Crippen LogP contribution in [0.25, 0.3) is 0 Å². The minimum Gasteiger partial charge on any atom is -0.497 e. The van der Waals surface area contributed by atoms with Gasteiger partial charge in [-0.3, -0.25) is 4.79 Å². The normalized spacial score (nSPS) is 16.4. The van der Waals surface area contributed by atoms with Crippen LogP contribution in [0, 0.1) is 0 Å². The van der Waals surface area contributed by atoms with E-state index >= 15 is 0 Å². The van der Waals surface area contributed by atoms with Gasteiger partial charge in [-0.1, -0.05) is 18.2 Å². The number of hydrogen-bond donors (Lipinski definition) is 0. The molecule has 1 atom stereocenters. The third kappa shape index (κ3) is 3.77. The maximum Gasteiger partial charge on any atom is 0.227 e. The molecule has 0 aliphatic carbocycles. The van der Waals surface area contributed by atoms with Crippen molar-refractivity contribution in [2.75, 3.05) is 27.9 Å². The Morgan fingerprint density at radius 2 is 1.85 bits per heavy atom. The molecule has 1 heterocycles. The molecule has 1 fully saturated rings. The lowest BCUT2D eigenvalue weighted by Crippen LogP contribution is -2.31. The molecule has 0 spiro atoms. The molecule has 0 N–H and O–H groups in total. The SMILES string of the molecule is COc1cccc(C2CCCN2C(=O)Cc2ccc(OC)c(OC)c2)c1. The van der Waals surface area contributed by atoms with E-state index in [0.29, 0.717) is 17.9 Å². The molecule has 1 saturated heterocycles. The minimum absolute atomic E-state index is 0.109. The van der Waals surface area contributed by atoms with Crippen LogP contribution in [0.15, 0.2) is 42.5 Å². The summed E-state index contributed by atoms with van der Waals surface area (Å²) in [5.41, 5.74) is 2.05. The first-order valence-electron chi connectivity index (χ1n) is 8.80. The number of benzene rings is 2. The van der Waals surface area contributed by atoms with E-state index in [2.05, 4.69) is 6.07 Å². The molecule has 0 bridgehead atoms. The van der Waals surface area contributed by atoms with Gasteiger partial charge in [0.25, 0.3) is 0 Å². The van der Waals surface area contributed by atoms with Crippen molar-refractivity contribution < 1.29 is 19.0 Å². The predicted octanol–water partition coefficient (Wildman–Crippen LogP) is 3.62. The fraction of sp³-hybridized carbons (Fsp3) is 0.381. The van der Waals surface area contributed by atoms with Gasteiger partial charge in [-0.15, -0.1) is 0 Å². The third-order valence-electron chi connectivity index (χ3n) is 4.86. The number of methoxy groups -OCH3 is 3. The van der Waals surface area contributed by atoms with Gasteiger partial charge in [0.05, 0.1) is 33.8 Å². The molecule has 5 nitrogen and oxygen atoms in total. The number of hydrogen-bond acceptors (Lipinski definition) is 4. The quantitative estimate of drug-likeness (QED) is 0.794. The highest BCUT2D eigenvalue weighted by atomic mass is 16.5. The summed E-state index contributed by atoms with van der Waals surface area (Å²) in [6, 6.07) is 13.7. The summed E-state index contributed by atoms with van der Waals surface area (Å²) in [7, 11) is 4.86. The van der Waals surface area contributed by atoms with Gasteiger partial charge < -0.3 is 19.1 Å².